The molecule has 0 aliphatic rings. The molecule has 1 aromatic heterocycles. The van der Waals surface area contributed by atoms with Crippen molar-refractivity contribution in [2.45, 2.75) is 13.8 Å². The summed E-state index contributed by atoms with van der Waals surface area (Å²) < 4.78 is 7.42. The Morgan fingerprint density at radius 1 is 1.33 bits per heavy atom. The molecule has 21 heavy (non-hydrogen) atoms. The van der Waals surface area contributed by atoms with E-state index in [1.54, 1.807) is 6.92 Å². The minimum atomic E-state index is -0.524. The van der Waals surface area contributed by atoms with Crippen LogP contribution in [0, 0.1) is 0 Å². The maximum absolute atomic E-state index is 11.9. The Labute approximate surface area is 130 Å². The normalized spacial score (nSPS) is 10.2. The Kier molecular flexibility index (Phi) is 4.74. The molecule has 0 unspecified atom stereocenters. The van der Waals surface area contributed by atoms with Crippen LogP contribution in [-0.2, 0) is 9.53 Å². The molecule has 1 amide bonds. The van der Waals surface area contributed by atoms with E-state index in [4.69, 9.17) is 4.74 Å². The first kappa shape index (κ1) is 15.2. The molecule has 0 bridgehead atoms. The minimum absolute atomic E-state index is 0.184. The summed E-state index contributed by atoms with van der Waals surface area (Å²) in [5.74, 6) is -0.643. The van der Waals surface area contributed by atoms with Gasteiger partial charge in [0.15, 0.2) is 5.82 Å². The maximum Gasteiger partial charge on any atom is 0.343 e. The Bertz CT molecular complexity index is 665. The van der Waals surface area contributed by atoms with Crippen LogP contribution in [0.15, 0.2) is 34.9 Å². The molecule has 2 rings (SSSR count). The molecule has 0 fully saturated rings. The lowest BCUT2D eigenvalue weighted by molar-refractivity contribution is -0.114. The van der Waals surface area contributed by atoms with Crippen LogP contribution in [-0.4, -0.2) is 28.3 Å². The van der Waals surface area contributed by atoms with Gasteiger partial charge in [-0.1, -0.05) is 15.9 Å². The number of benzene rings is 1. The van der Waals surface area contributed by atoms with Gasteiger partial charge in [-0.05, 0) is 31.2 Å². The topological polar surface area (TPSA) is 73.2 Å². The van der Waals surface area contributed by atoms with Crippen molar-refractivity contribution in [3.05, 3.63) is 40.5 Å². The number of esters is 1. The zero-order chi connectivity index (χ0) is 15.4. The maximum atomic E-state index is 11.9. The van der Waals surface area contributed by atoms with Gasteiger partial charge in [0.05, 0.1) is 12.3 Å². The molecule has 110 valence electrons. The number of amides is 1. The van der Waals surface area contributed by atoms with E-state index >= 15 is 0 Å². The Balaban J connectivity index is 2.41. The molecule has 2 aromatic rings. The number of ether oxygens (including phenoxy) is 1. The summed E-state index contributed by atoms with van der Waals surface area (Å²) in [7, 11) is 0. The predicted molar refractivity (Wildman–Crippen MR) is 81.5 cm³/mol. The third-order valence-electron chi connectivity index (χ3n) is 2.60. The van der Waals surface area contributed by atoms with E-state index in [1.165, 1.54) is 17.8 Å². The smallest absolute Gasteiger partial charge is 0.343 e. The van der Waals surface area contributed by atoms with Gasteiger partial charge in [0.2, 0.25) is 5.91 Å². The van der Waals surface area contributed by atoms with Gasteiger partial charge in [0.1, 0.15) is 5.56 Å². The number of rotatable bonds is 4. The molecule has 0 aliphatic heterocycles. The molecule has 7 heteroatoms. The number of anilines is 1. The minimum Gasteiger partial charge on any atom is -0.462 e. The van der Waals surface area contributed by atoms with Crippen molar-refractivity contribution in [1.82, 2.24) is 9.78 Å². The summed E-state index contributed by atoms with van der Waals surface area (Å²) >= 11 is 3.35. The number of aromatic nitrogens is 2. The molecule has 0 saturated carbocycles. The molecule has 1 aromatic carbocycles. The van der Waals surface area contributed by atoms with Crippen molar-refractivity contribution in [1.29, 1.82) is 0 Å². The van der Waals surface area contributed by atoms with Gasteiger partial charge in [-0.2, -0.15) is 0 Å². The quantitative estimate of drug-likeness (QED) is 0.859. The number of hydrogen-bond acceptors (Lipinski definition) is 4. The molecule has 1 heterocycles. The van der Waals surface area contributed by atoms with Crippen molar-refractivity contribution >= 4 is 33.6 Å². The first-order chi connectivity index (χ1) is 10.0. The second-order valence-corrected chi connectivity index (χ2v) is 5.13. The number of carbonyl (C=O) groups excluding carboxylic acids is 2. The molecular weight excluding hydrogens is 338 g/mol. The highest BCUT2D eigenvalue weighted by atomic mass is 79.9. The standard InChI is InChI=1S/C14H14BrN3O3/c1-3-21-14(20)12-8-18(17-13(12)16-9(2)19)11-6-4-10(15)5-7-11/h4-8H,3H2,1-2H3,(H,16,17,19). The molecule has 0 radical (unpaired) electrons. The van der Waals surface area contributed by atoms with Crippen molar-refractivity contribution in [3.63, 3.8) is 0 Å². The third kappa shape index (κ3) is 3.69. The van der Waals surface area contributed by atoms with E-state index in [-0.39, 0.29) is 23.9 Å². The van der Waals surface area contributed by atoms with Gasteiger partial charge in [0, 0.05) is 17.6 Å². The molecule has 0 spiro atoms. The van der Waals surface area contributed by atoms with Crippen LogP contribution in [0.1, 0.15) is 24.2 Å². The number of carbonyl (C=O) groups is 2. The van der Waals surface area contributed by atoms with Gasteiger partial charge in [-0.3, -0.25) is 4.79 Å². The highest BCUT2D eigenvalue weighted by molar-refractivity contribution is 9.10. The van der Waals surface area contributed by atoms with Crippen LogP contribution >= 0.6 is 15.9 Å². The fourth-order valence-electron chi connectivity index (χ4n) is 1.72. The second-order valence-electron chi connectivity index (χ2n) is 4.21. The molecule has 1 N–H and O–H groups in total. The average molecular weight is 352 g/mol. The van der Waals surface area contributed by atoms with Crippen LogP contribution in [0.25, 0.3) is 5.69 Å². The summed E-state index contributed by atoms with van der Waals surface area (Å²) in [5, 5.41) is 6.76. The SMILES string of the molecule is CCOC(=O)c1cn(-c2ccc(Br)cc2)nc1NC(C)=O. The largest absolute Gasteiger partial charge is 0.462 e. The zero-order valence-electron chi connectivity index (χ0n) is 11.6. The summed E-state index contributed by atoms with van der Waals surface area (Å²) in [5.41, 5.74) is 0.982. The summed E-state index contributed by atoms with van der Waals surface area (Å²) in [6.45, 7) is 3.32. The highest BCUT2D eigenvalue weighted by Crippen LogP contribution is 2.19. The monoisotopic (exact) mass is 351 g/mol. The Morgan fingerprint density at radius 3 is 2.57 bits per heavy atom. The fraction of sp³-hybridized carbons (Fsp3) is 0.214. The number of nitrogens with zero attached hydrogens (tertiary/aromatic N) is 2. The number of halogens is 1. The van der Waals surface area contributed by atoms with Crippen LogP contribution in [0.3, 0.4) is 0 Å². The molecule has 0 aliphatic carbocycles. The average Bonchev–Trinajstić information content (AvgIpc) is 2.83. The lowest BCUT2D eigenvalue weighted by atomic mass is 10.3. The van der Waals surface area contributed by atoms with Crippen molar-refractivity contribution < 1.29 is 14.3 Å². The summed E-state index contributed by atoms with van der Waals surface area (Å²) in [6.07, 6.45) is 1.53. The van der Waals surface area contributed by atoms with E-state index in [9.17, 15) is 9.59 Å². The summed E-state index contributed by atoms with van der Waals surface area (Å²) in [6, 6.07) is 7.39. The van der Waals surface area contributed by atoms with Crippen molar-refractivity contribution in [3.8, 4) is 5.69 Å². The Morgan fingerprint density at radius 2 is 2.00 bits per heavy atom. The van der Waals surface area contributed by atoms with Gasteiger partial charge in [-0.25, -0.2) is 9.48 Å². The zero-order valence-corrected chi connectivity index (χ0v) is 13.2. The summed E-state index contributed by atoms with van der Waals surface area (Å²) in [4.78, 5) is 23.1. The third-order valence-corrected chi connectivity index (χ3v) is 3.12. The molecule has 0 saturated heterocycles. The number of nitrogens with one attached hydrogen (secondary N) is 1. The van der Waals surface area contributed by atoms with Crippen LogP contribution in [0.2, 0.25) is 0 Å². The van der Waals surface area contributed by atoms with E-state index in [0.717, 1.165) is 10.2 Å². The van der Waals surface area contributed by atoms with Crippen LogP contribution in [0.4, 0.5) is 5.82 Å². The van der Waals surface area contributed by atoms with Crippen LogP contribution in [0.5, 0.6) is 0 Å². The van der Waals surface area contributed by atoms with E-state index in [2.05, 4.69) is 26.3 Å². The molecule has 6 nitrogen and oxygen atoms in total. The van der Waals surface area contributed by atoms with Crippen molar-refractivity contribution in [2.24, 2.45) is 0 Å². The Hall–Kier alpha value is -2.15. The van der Waals surface area contributed by atoms with Gasteiger partial charge >= 0.3 is 5.97 Å². The highest BCUT2D eigenvalue weighted by Gasteiger charge is 2.19. The van der Waals surface area contributed by atoms with E-state index in [0.29, 0.717) is 0 Å². The van der Waals surface area contributed by atoms with E-state index in [1.807, 2.05) is 24.3 Å². The van der Waals surface area contributed by atoms with Crippen molar-refractivity contribution in [2.75, 3.05) is 11.9 Å². The van der Waals surface area contributed by atoms with E-state index < -0.39 is 5.97 Å². The first-order valence-corrected chi connectivity index (χ1v) is 7.11. The van der Waals surface area contributed by atoms with Gasteiger partial charge in [0.25, 0.3) is 0 Å². The molecular formula is C14H14BrN3O3. The number of hydrogen-bond donors (Lipinski definition) is 1. The predicted octanol–water partition coefficient (Wildman–Crippen LogP) is 2.77. The fourth-order valence-corrected chi connectivity index (χ4v) is 1.98. The second kappa shape index (κ2) is 6.53. The van der Waals surface area contributed by atoms with Gasteiger partial charge in [-0.15, -0.1) is 5.10 Å². The van der Waals surface area contributed by atoms with Crippen LogP contribution < -0.4 is 5.32 Å². The molecule has 0 atom stereocenters. The van der Waals surface area contributed by atoms with Gasteiger partial charge < -0.3 is 10.1 Å². The lowest BCUT2D eigenvalue weighted by Gasteiger charge is -2.01. The first-order valence-electron chi connectivity index (χ1n) is 6.31. The lowest BCUT2D eigenvalue weighted by Crippen LogP contribution is -2.12.